The third kappa shape index (κ3) is 3.42. The Morgan fingerprint density at radius 3 is 2.92 bits per heavy atom. The zero-order valence-electron chi connectivity index (χ0n) is 8.08. The summed E-state index contributed by atoms with van der Waals surface area (Å²) in [6, 6.07) is 0.198. The SMILES string of the molecule is CC[C@@H](CO)NCc1nc(C)cs1. The Bertz CT molecular complexity index is 246. The summed E-state index contributed by atoms with van der Waals surface area (Å²) >= 11 is 1.66. The molecule has 13 heavy (non-hydrogen) atoms. The highest BCUT2D eigenvalue weighted by atomic mass is 32.1. The molecule has 1 rings (SSSR count). The molecule has 0 aliphatic rings. The van der Waals surface area contributed by atoms with Crippen molar-refractivity contribution < 1.29 is 5.11 Å². The van der Waals surface area contributed by atoms with E-state index in [0.29, 0.717) is 0 Å². The quantitative estimate of drug-likeness (QED) is 0.753. The third-order valence-electron chi connectivity index (χ3n) is 1.92. The molecule has 0 fully saturated rings. The Morgan fingerprint density at radius 1 is 1.69 bits per heavy atom. The standard InChI is InChI=1S/C9H16N2OS/c1-3-8(5-12)10-4-9-11-7(2)6-13-9/h6,8,10,12H,3-5H2,1-2H3/t8-/m0/s1. The van der Waals surface area contributed by atoms with Crippen molar-refractivity contribution in [2.24, 2.45) is 0 Å². The summed E-state index contributed by atoms with van der Waals surface area (Å²) in [7, 11) is 0. The van der Waals surface area contributed by atoms with E-state index in [1.165, 1.54) is 0 Å². The molecule has 0 aliphatic carbocycles. The van der Waals surface area contributed by atoms with Gasteiger partial charge in [-0.25, -0.2) is 4.98 Å². The highest BCUT2D eigenvalue weighted by Crippen LogP contribution is 2.08. The maximum Gasteiger partial charge on any atom is 0.107 e. The molecule has 1 aromatic rings. The van der Waals surface area contributed by atoms with Gasteiger partial charge in [0, 0.05) is 23.7 Å². The number of nitrogens with zero attached hydrogens (tertiary/aromatic N) is 1. The van der Waals surface area contributed by atoms with Gasteiger partial charge in [-0.3, -0.25) is 0 Å². The molecule has 0 aromatic carbocycles. The van der Waals surface area contributed by atoms with Gasteiger partial charge in [0.25, 0.3) is 0 Å². The number of rotatable bonds is 5. The first-order valence-electron chi connectivity index (χ1n) is 4.51. The molecule has 0 bridgehead atoms. The summed E-state index contributed by atoms with van der Waals surface area (Å²) in [6.45, 7) is 5.00. The van der Waals surface area contributed by atoms with Gasteiger partial charge in [-0.1, -0.05) is 6.92 Å². The van der Waals surface area contributed by atoms with Gasteiger partial charge in [0.1, 0.15) is 5.01 Å². The number of aryl methyl sites for hydroxylation is 1. The molecular formula is C9H16N2OS. The molecule has 1 heterocycles. The number of hydrogen-bond donors (Lipinski definition) is 2. The second kappa shape index (κ2) is 5.32. The molecule has 0 unspecified atom stereocenters. The molecule has 4 heteroatoms. The zero-order chi connectivity index (χ0) is 9.68. The Kier molecular flexibility index (Phi) is 4.35. The monoisotopic (exact) mass is 200 g/mol. The smallest absolute Gasteiger partial charge is 0.107 e. The lowest BCUT2D eigenvalue weighted by Crippen LogP contribution is -2.31. The average Bonchev–Trinajstić information content (AvgIpc) is 2.53. The molecule has 1 aromatic heterocycles. The second-order valence-corrected chi connectivity index (χ2v) is 3.99. The van der Waals surface area contributed by atoms with Crippen molar-refractivity contribution in [3.8, 4) is 0 Å². The minimum absolute atomic E-state index is 0.195. The number of aliphatic hydroxyl groups is 1. The summed E-state index contributed by atoms with van der Waals surface area (Å²) in [5.74, 6) is 0. The lowest BCUT2D eigenvalue weighted by molar-refractivity contribution is 0.238. The minimum atomic E-state index is 0.195. The predicted octanol–water partition coefficient (Wildman–Crippen LogP) is 1.31. The van der Waals surface area contributed by atoms with E-state index in [4.69, 9.17) is 5.11 Å². The molecule has 0 spiro atoms. The lowest BCUT2D eigenvalue weighted by atomic mass is 10.2. The van der Waals surface area contributed by atoms with E-state index in [2.05, 4.69) is 17.2 Å². The van der Waals surface area contributed by atoms with Crippen molar-refractivity contribution in [3.05, 3.63) is 16.1 Å². The number of aromatic nitrogens is 1. The van der Waals surface area contributed by atoms with E-state index in [9.17, 15) is 0 Å². The Morgan fingerprint density at radius 2 is 2.46 bits per heavy atom. The third-order valence-corrected chi connectivity index (χ3v) is 2.89. The molecule has 0 aliphatic heterocycles. The van der Waals surface area contributed by atoms with Crippen LogP contribution < -0.4 is 5.32 Å². The zero-order valence-corrected chi connectivity index (χ0v) is 8.90. The second-order valence-electron chi connectivity index (χ2n) is 3.05. The van der Waals surface area contributed by atoms with Crippen LogP contribution >= 0.6 is 11.3 Å². The van der Waals surface area contributed by atoms with Gasteiger partial charge in [0.15, 0.2) is 0 Å². The predicted molar refractivity (Wildman–Crippen MR) is 54.9 cm³/mol. The van der Waals surface area contributed by atoms with Crippen LogP contribution in [0.2, 0.25) is 0 Å². The largest absolute Gasteiger partial charge is 0.395 e. The van der Waals surface area contributed by atoms with Gasteiger partial charge in [-0.15, -0.1) is 11.3 Å². The molecule has 0 saturated carbocycles. The van der Waals surface area contributed by atoms with Crippen molar-refractivity contribution >= 4 is 11.3 Å². The topological polar surface area (TPSA) is 45.1 Å². The van der Waals surface area contributed by atoms with Crippen molar-refractivity contribution in [3.63, 3.8) is 0 Å². The van der Waals surface area contributed by atoms with Gasteiger partial charge < -0.3 is 10.4 Å². The molecule has 0 saturated heterocycles. The maximum atomic E-state index is 8.93. The van der Waals surface area contributed by atoms with Crippen molar-refractivity contribution in [2.45, 2.75) is 32.9 Å². The van der Waals surface area contributed by atoms with Crippen LogP contribution in [0.5, 0.6) is 0 Å². The lowest BCUT2D eigenvalue weighted by Gasteiger charge is -2.11. The summed E-state index contributed by atoms with van der Waals surface area (Å²) in [5, 5.41) is 15.3. The van der Waals surface area contributed by atoms with Crippen molar-refractivity contribution in [2.75, 3.05) is 6.61 Å². The highest BCUT2D eigenvalue weighted by Gasteiger charge is 2.04. The molecule has 0 amide bonds. The Hall–Kier alpha value is -0.450. The minimum Gasteiger partial charge on any atom is -0.395 e. The molecular weight excluding hydrogens is 184 g/mol. The molecule has 1 atom stereocenters. The number of hydrogen-bond acceptors (Lipinski definition) is 4. The van der Waals surface area contributed by atoms with Gasteiger partial charge in [-0.2, -0.15) is 0 Å². The number of aliphatic hydroxyl groups excluding tert-OH is 1. The van der Waals surface area contributed by atoms with Crippen molar-refractivity contribution in [1.82, 2.24) is 10.3 Å². The fourth-order valence-electron chi connectivity index (χ4n) is 1.05. The molecule has 3 nitrogen and oxygen atoms in total. The van der Waals surface area contributed by atoms with E-state index in [-0.39, 0.29) is 12.6 Å². The van der Waals surface area contributed by atoms with E-state index in [1.54, 1.807) is 11.3 Å². The molecule has 0 radical (unpaired) electrons. The summed E-state index contributed by atoms with van der Waals surface area (Å²) < 4.78 is 0. The molecule has 2 N–H and O–H groups in total. The average molecular weight is 200 g/mol. The summed E-state index contributed by atoms with van der Waals surface area (Å²) in [6.07, 6.45) is 0.945. The van der Waals surface area contributed by atoms with Gasteiger partial charge in [0.2, 0.25) is 0 Å². The van der Waals surface area contributed by atoms with Crippen LogP contribution in [0.4, 0.5) is 0 Å². The van der Waals surface area contributed by atoms with E-state index in [0.717, 1.165) is 23.7 Å². The summed E-state index contributed by atoms with van der Waals surface area (Å²) in [5.41, 5.74) is 1.07. The van der Waals surface area contributed by atoms with Crippen molar-refractivity contribution in [1.29, 1.82) is 0 Å². The van der Waals surface area contributed by atoms with Gasteiger partial charge in [0.05, 0.1) is 6.61 Å². The van der Waals surface area contributed by atoms with Crippen LogP contribution in [-0.4, -0.2) is 22.7 Å². The molecule has 74 valence electrons. The van der Waals surface area contributed by atoms with Crippen LogP contribution in [0.25, 0.3) is 0 Å². The van der Waals surface area contributed by atoms with Crippen LogP contribution in [0, 0.1) is 6.92 Å². The van der Waals surface area contributed by atoms with Crippen LogP contribution in [0.15, 0.2) is 5.38 Å². The fraction of sp³-hybridized carbons (Fsp3) is 0.667. The normalized spacial score (nSPS) is 13.2. The Balaban J connectivity index is 2.33. The van der Waals surface area contributed by atoms with Gasteiger partial charge in [-0.05, 0) is 13.3 Å². The van der Waals surface area contributed by atoms with E-state index in [1.807, 2.05) is 12.3 Å². The first-order chi connectivity index (χ1) is 6.26. The first-order valence-corrected chi connectivity index (χ1v) is 5.39. The van der Waals surface area contributed by atoms with E-state index < -0.39 is 0 Å². The van der Waals surface area contributed by atoms with E-state index >= 15 is 0 Å². The van der Waals surface area contributed by atoms with Gasteiger partial charge >= 0.3 is 0 Å². The maximum absolute atomic E-state index is 8.93. The Labute approximate surface area is 82.8 Å². The van der Waals surface area contributed by atoms with Crippen LogP contribution in [0.3, 0.4) is 0 Å². The highest BCUT2D eigenvalue weighted by molar-refractivity contribution is 7.09. The van der Waals surface area contributed by atoms with Crippen LogP contribution in [0.1, 0.15) is 24.0 Å². The number of nitrogens with one attached hydrogen (secondary N) is 1. The first kappa shape index (κ1) is 10.6. The fourth-order valence-corrected chi connectivity index (χ4v) is 1.78. The summed E-state index contributed by atoms with van der Waals surface area (Å²) in [4.78, 5) is 4.33. The van der Waals surface area contributed by atoms with Crippen LogP contribution in [-0.2, 0) is 6.54 Å². The number of thiazole rings is 1.